The van der Waals surface area contributed by atoms with E-state index in [1.165, 1.54) is 5.57 Å². The lowest BCUT2D eigenvalue weighted by Gasteiger charge is -2.04. The van der Waals surface area contributed by atoms with E-state index in [0.29, 0.717) is 0 Å². The van der Waals surface area contributed by atoms with Crippen LogP contribution in [0.25, 0.3) is 11.8 Å². The van der Waals surface area contributed by atoms with Gasteiger partial charge in [0.15, 0.2) is 0 Å². The number of likely N-dealkylation sites (N-methyl/N-ethyl adjacent to an activating group) is 1. The minimum atomic E-state index is 0.948. The van der Waals surface area contributed by atoms with Gasteiger partial charge in [0.2, 0.25) is 0 Å². The van der Waals surface area contributed by atoms with E-state index in [1.54, 1.807) is 0 Å². The lowest BCUT2D eigenvalue weighted by atomic mass is 10.1. The molecule has 19 heavy (non-hydrogen) atoms. The molecule has 3 nitrogen and oxygen atoms in total. The summed E-state index contributed by atoms with van der Waals surface area (Å²) in [5.74, 6) is 0. The zero-order chi connectivity index (χ0) is 13.5. The van der Waals surface area contributed by atoms with Gasteiger partial charge in [0, 0.05) is 18.3 Å². The van der Waals surface area contributed by atoms with E-state index < -0.39 is 0 Å². The molecule has 1 N–H and O–H groups in total. The molecule has 0 bridgehead atoms. The Morgan fingerprint density at radius 3 is 2.74 bits per heavy atom. The van der Waals surface area contributed by atoms with E-state index >= 15 is 0 Å². The fourth-order valence-electron chi connectivity index (χ4n) is 1.93. The van der Waals surface area contributed by atoms with Crippen LogP contribution in [0.15, 0.2) is 48.3 Å². The summed E-state index contributed by atoms with van der Waals surface area (Å²) in [6, 6.07) is 10.2. The van der Waals surface area contributed by atoms with E-state index in [2.05, 4.69) is 48.7 Å². The Labute approximate surface area is 115 Å². The van der Waals surface area contributed by atoms with Crippen LogP contribution in [-0.4, -0.2) is 22.9 Å². The summed E-state index contributed by atoms with van der Waals surface area (Å²) in [6.07, 6.45) is 7.25. The number of hydrogen-bond acceptors (Lipinski definition) is 2. The Bertz CT molecular complexity index is 526. The number of nitrogens with one attached hydrogen (secondary N) is 1. The lowest BCUT2D eigenvalue weighted by molar-refractivity contribution is 0.762. The Hall–Kier alpha value is -1.87. The smallest absolute Gasteiger partial charge is 0.0645 e. The quantitative estimate of drug-likeness (QED) is 0.858. The number of rotatable bonds is 6. The van der Waals surface area contributed by atoms with Crippen molar-refractivity contribution >= 4 is 6.08 Å². The van der Waals surface area contributed by atoms with Crippen molar-refractivity contribution in [3.63, 3.8) is 0 Å². The van der Waals surface area contributed by atoms with Crippen LogP contribution in [0.4, 0.5) is 0 Å². The summed E-state index contributed by atoms with van der Waals surface area (Å²) in [5, 5.41) is 7.77. The maximum absolute atomic E-state index is 4.41. The first-order valence-electron chi connectivity index (χ1n) is 6.83. The third-order valence-electron chi connectivity index (χ3n) is 3.05. The normalized spacial score (nSPS) is 11.8. The van der Waals surface area contributed by atoms with Gasteiger partial charge in [-0.1, -0.05) is 43.7 Å². The summed E-state index contributed by atoms with van der Waals surface area (Å²) in [7, 11) is 0. The third-order valence-corrected chi connectivity index (χ3v) is 3.05. The lowest BCUT2D eigenvalue weighted by Crippen LogP contribution is -2.15. The summed E-state index contributed by atoms with van der Waals surface area (Å²) >= 11 is 0. The molecule has 0 amide bonds. The van der Waals surface area contributed by atoms with Crippen LogP contribution < -0.4 is 5.32 Å². The van der Waals surface area contributed by atoms with E-state index in [1.807, 2.05) is 29.1 Å². The van der Waals surface area contributed by atoms with Gasteiger partial charge in [0.05, 0.1) is 11.9 Å². The highest BCUT2D eigenvalue weighted by Crippen LogP contribution is 2.12. The van der Waals surface area contributed by atoms with Crippen LogP contribution in [0.3, 0.4) is 0 Å². The molecule has 3 heteroatoms. The highest BCUT2D eigenvalue weighted by Gasteiger charge is 2.00. The van der Waals surface area contributed by atoms with Crippen molar-refractivity contribution in [3.8, 4) is 5.69 Å². The van der Waals surface area contributed by atoms with Crippen molar-refractivity contribution in [2.75, 3.05) is 13.1 Å². The van der Waals surface area contributed by atoms with Crippen LogP contribution in [0, 0.1) is 0 Å². The standard InChI is InChI=1S/C16H21N3/c1-3-14(11-17-4-2)10-15-12-18-19(13-15)16-8-6-5-7-9-16/h5-10,12-13,17H,3-4,11H2,1-2H3. The molecule has 0 saturated heterocycles. The van der Waals surface area contributed by atoms with Crippen LogP contribution in [0.1, 0.15) is 25.8 Å². The summed E-state index contributed by atoms with van der Waals surface area (Å²) in [5.41, 5.74) is 3.64. The molecule has 0 aliphatic heterocycles. The molecule has 1 aromatic heterocycles. The molecule has 0 radical (unpaired) electrons. The maximum atomic E-state index is 4.41. The Balaban J connectivity index is 2.14. The minimum Gasteiger partial charge on any atom is -0.313 e. The van der Waals surface area contributed by atoms with E-state index in [4.69, 9.17) is 0 Å². The third kappa shape index (κ3) is 3.80. The minimum absolute atomic E-state index is 0.948. The van der Waals surface area contributed by atoms with Gasteiger partial charge >= 0.3 is 0 Å². The topological polar surface area (TPSA) is 29.9 Å². The van der Waals surface area contributed by atoms with Gasteiger partial charge in [-0.05, 0) is 25.1 Å². The molecule has 0 atom stereocenters. The van der Waals surface area contributed by atoms with Crippen molar-refractivity contribution in [1.29, 1.82) is 0 Å². The monoisotopic (exact) mass is 255 g/mol. The van der Waals surface area contributed by atoms with Gasteiger partial charge < -0.3 is 5.32 Å². The molecule has 1 aromatic carbocycles. The summed E-state index contributed by atoms with van der Waals surface area (Å²) in [4.78, 5) is 0. The van der Waals surface area contributed by atoms with Crippen molar-refractivity contribution in [2.24, 2.45) is 0 Å². The van der Waals surface area contributed by atoms with Crippen molar-refractivity contribution < 1.29 is 0 Å². The van der Waals surface area contributed by atoms with Crippen LogP contribution in [0.2, 0.25) is 0 Å². The van der Waals surface area contributed by atoms with E-state index in [9.17, 15) is 0 Å². The van der Waals surface area contributed by atoms with Crippen LogP contribution >= 0.6 is 0 Å². The summed E-state index contributed by atoms with van der Waals surface area (Å²) in [6.45, 7) is 6.26. The highest BCUT2D eigenvalue weighted by atomic mass is 15.3. The highest BCUT2D eigenvalue weighted by molar-refractivity contribution is 5.52. The predicted molar refractivity (Wildman–Crippen MR) is 80.4 cm³/mol. The second-order valence-electron chi connectivity index (χ2n) is 4.49. The Morgan fingerprint density at radius 1 is 1.26 bits per heavy atom. The van der Waals surface area contributed by atoms with E-state index in [-0.39, 0.29) is 0 Å². The molecule has 0 fully saturated rings. The number of para-hydroxylation sites is 1. The second-order valence-corrected chi connectivity index (χ2v) is 4.49. The largest absolute Gasteiger partial charge is 0.313 e. The number of nitrogens with zero attached hydrogens (tertiary/aromatic N) is 2. The van der Waals surface area contributed by atoms with E-state index in [0.717, 1.165) is 30.8 Å². The number of benzene rings is 1. The molecular formula is C16H21N3. The molecule has 0 aliphatic carbocycles. The SMILES string of the molecule is CCNCC(=Cc1cnn(-c2ccccc2)c1)CC. The Morgan fingerprint density at radius 2 is 2.05 bits per heavy atom. The molecule has 1 heterocycles. The molecule has 0 aliphatic rings. The van der Waals surface area contributed by atoms with Gasteiger partial charge in [-0.3, -0.25) is 0 Å². The van der Waals surface area contributed by atoms with Crippen molar-refractivity contribution in [2.45, 2.75) is 20.3 Å². The van der Waals surface area contributed by atoms with Crippen molar-refractivity contribution in [3.05, 3.63) is 53.9 Å². The first kappa shape index (κ1) is 13.6. The molecule has 2 aromatic rings. The average Bonchev–Trinajstić information content (AvgIpc) is 2.93. The number of aromatic nitrogens is 2. The fraction of sp³-hybridized carbons (Fsp3) is 0.312. The molecule has 2 rings (SSSR count). The predicted octanol–water partition coefficient (Wildman–Crippen LogP) is 3.28. The molecular weight excluding hydrogens is 234 g/mol. The number of hydrogen-bond donors (Lipinski definition) is 1. The molecule has 0 saturated carbocycles. The zero-order valence-corrected chi connectivity index (χ0v) is 11.6. The van der Waals surface area contributed by atoms with Gasteiger partial charge in [0.1, 0.15) is 0 Å². The maximum Gasteiger partial charge on any atom is 0.0645 e. The average molecular weight is 255 g/mol. The van der Waals surface area contributed by atoms with Gasteiger partial charge in [-0.2, -0.15) is 5.10 Å². The Kier molecular flexibility index (Phi) is 4.93. The summed E-state index contributed by atoms with van der Waals surface area (Å²) < 4.78 is 1.91. The second kappa shape index (κ2) is 6.90. The van der Waals surface area contributed by atoms with Gasteiger partial charge in [-0.15, -0.1) is 0 Å². The molecule has 100 valence electrons. The fourth-order valence-corrected chi connectivity index (χ4v) is 1.93. The van der Waals surface area contributed by atoms with Gasteiger partial charge in [-0.25, -0.2) is 4.68 Å². The zero-order valence-electron chi connectivity index (χ0n) is 11.6. The first-order valence-corrected chi connectivity index (χ1v) is 6.83. The first-order chi connectivity index (χ1) is 9.33. The molecule has 0 unspecified atom stereocenters. The van der Waals surface area contributed by atoms with Crippen LogP contribution in [0.5, 0.6) is 0 Å². The molecule has 0 spiro atoms. The van der Waals surface area contributed by atoms with Gasteiger partial charge in [0.25, 0.3) is 0 Å². The van der Waals surface area contributed by atoms with Crippen LogP contribution in [-0.2, 0) is 0 Å². The van der Waals surface area contributed by atoms with Crippen molar-refractivity contribution in [1.82, 2.24) is 15.1 Å².